The number of hydrogen-bond acceptors (Lipinski definition) is 5. The van der Waals surface area contributed by atoms with Gasteiger partial charge in [0.25, 0.3) is 5.91 Å². The van der Waals surface area contributed by atoms with Gasteiger partial charge in [0.15, 0.2) is 16.6 Å². The van der Waals surface area contributed by atoms with Gasteiger partial charge in [-0.2, -0.15) is 0 Å². The maximum atomic E-state index is 12.5. The molecule has 0 heterocycles. The number of carbonyl (C=O) groups is 1. The molecule has 1 amide bonds. The van der Waals surface area contributed by atoms with E-state index < -0.39 is 0 Å². The molecule has 0 aromatic heterocycles. The van der Waals surface area contributed by atoms with Crippen molar-refractivity contribution < 1.29 is 19.0 Å². The summed E-state index contributed by atoms with van der Waals surface area (Å²) < 4.78 is 17.0. The van der Waals surface area contributed by atoms with Gasteiger partial charge in [0, 0.05) is 12.1 Å². The molecule has 0 atom stereocenters. The summed E-state index contributed by atoms with van der Waals surface area (Å²) in [4.78, 5) is 12.5. The van der Waals surface area contributed by atoms with Crippen molar-refractivity contribution in [2.75, 3.05) is 20.3 Å². The molecule has 2 aromatic rings. The summed E-state index contributed by atoms with van der Waals surface area (Å²) >= 11 is 5.29. The highest BCUT2D eigenvalue weighted by atomic mass is 32.1. The van der Waals surface area contributed by atoms with Gasteiger partial charge < -0.3 is 19.5 Å². The van der Waals surface area contributed by atoms with Crippen molar-refractivity contribution in [1.82, 2.24) is 10.6 Å². The second-order valence-corrected chi connectivity index (χ2v) is 8.99. The summed E-state index contributed by atoms with van der Waals surface area (Å²) in [5.74, 6) is 2.47. The molecule has 0 aliphatic rings. The van der Waals surface area contributed by atoms with Crippen LogP contribution in [0.1, 0.15) is 68.8 Å². The van der Waals surface area contributed by atoms with Crippen LogP contribution in [0.2, 0.25) is 0 Å². The molecule has 0 aliphatic carbocycles. The zero-order valence-electron chi connectivity index (χ0n) is 20.8. The Kier molecular flexibility index (Phi) is 12.2. The third kappa shape index (κ3) is 10.00. The third-order valence-electron chi connectivity index (χ3n) is 5.24. The van der Waals surface area contributed by atoms with Gasteiger partial charge in [0.2, 0.25) is 0 Å². The van der Waals surface area contributed by atoms with Crippen LogP contribution in [0, 0.1) is 5.92 Å². The Morgan fingerprint density at radius 2 is 1.74 bits per heavy atom. The van der Waals surface area contributed by atoms with E-state index >= 15 is 0 Å². The number of hydrogen-bond donors (Lipinski definition) is 2. The Morgan fingerprint density at radius 3 is 2.41 bits per heavy atom. The van der Waals surface area contributed by atoms with Crippen LogP contribution in [0.5, 0.6) is 17.2 Å². The molecule has 0 aliphatic heterocycles. The summed E-state index contributed by atoms with van der Waals surface area (Å²) in [6, 6.07) is 12.8. The quantitative estimate of drug-likeness (QED) is 0.257. The van der Waals surface area contributed by atoms with Crippen LogP contribution in [0.15, 0.2) is 42.5 Å². The Labute approximate surface area is 209 Å². The average molecular weight is 487 g/mol. The number of ether oxygens (including phenoxy) is 3. The van der Waals surface area contributed by atoms with Crippen LogP contribution in [0.3, 0.4) is 0 Å². The van der Waals surface area contributed by atoms with Gasteiger partial charge in [-0.1, -0.05) is 46.1 Å². The van der Waals surface area contributed by atoms with E-state index in [1.807, 2.05) is 30.3 Å². The monoisotopic (exact) mass is 486 g/mol. The Hall–Kier alpha value is -2.80. The molecule has 0 saturated carbocycles. The van der Waals surface area contributed by atoms with E-state index in [4.69, 9.17) is 26.4 Å². The first-order valence-electron chi connectivity index (χ1n) is 12.0. The fourth-order valence-corrected chi connectivity index (χ4v) is 3.33. The minimum atomic E-state index is -0.265. The summed E-state index contributed by atoms with van der Waals surface area (Å²) in [6.07, 6.45) is 5.62. The van der Waals surface area contributed by atoms with Crippen LogP contribution in [0.25, 0.3) is 0 Å². The molecule has 0 fully saturated rings. The number of benzene rings is 2. The molecule has 0 bridgehead atoms. The van der Waals surface area contributed by atoms with Crippen molar-refractivity contribution in [3.63, 3.8) is 0 Å². The van der Waals surface area contributed by atoms with E-state index in [2.05, 4.69) is 31.4 Å². The third-order valence-corrected chi connectivity index (χ3v) is 5.49. The summed E-state index contributed by atoms with van der Waals surface area (Å²) in [5, 5.41) is 6.04. The molecule has 2 aromatic carbocycles. The maximum absolute atomic E-state index is 12.5. The lowest BCUT2D eigenvalue weighted by atomic mass is 10.1. The zero-order chi connectivity index (χ0) is 24.8. The largest absolute Gasteiger partial charge is 0.494 e. The van der Waals surface area contributed by atoms with Gasteiger partial charge >= 0.3 is 0 Å². The molecule has 0 saturated heterocycles. The highest BCUT2D eigenvalue weighted by Gasteiger charge is 2.10. The lowest BCUT2D eigenvalue weighted by Crippen LogP contribution is -2.38. The van der Waals surface area contributed by atoms with Crippen molar-refractivity contribution in [3.05, 3.63) is 53.6 Å². The Bertz CT molecular complexity index is 900. The first-order chi connectivity index (χ1) is 16.4. The molecule has 0 spiro atoms. The molecule has 2 rings (SSSR count). The summed E-state index contributed by atoms with van der Waals surface area (Å²) in [6.45, 7) is 8.30. The van der Waals surface area contributed by atoms with Crippen molar-refractivity contribution in [3.8, 4) is 17.2 Å². The Balaban J connectivity index is 1.79. The van der Waals surface area contributed by atoms with E-state index in [-0.39, 0.29) is 11.0 Å². The fraction of sp³-hybridized carbons (Fsp3) is 0.481. The van der Waals surface area contributed by atoms with Gasteiger partial charge in [0.1, 0.15) is 5.75 Å². The minimum Gasteiger partial charge on any atom is -0.494 e. The highest BCUT2D eigenvalue weighted by Crippen LogP contribution is 2.28. The van der Waals surface area contributed by atoms with Crippen molar-refractivity contribution >= 4 is 23.2 Å². The van der Waals surface area contributed by atoms with Crippen molar-refractivity contribution in [2.24, 2.45) is 5.92 Å². The molecule has 186 valence electrons. The van der Waals surface area contributed by atoms with Crippen molar-refractivity contribution in [2.45, 2.75) is 59.4 Å². The minimum absolute atomic E-state index is 0.262. The zero-order valence-corrected chi connectivity index (χ0v) is 21.6. The number of thiocarbonyl (C=S) groups is 1. The second-order valence-electron chi connectivity index (χ2n) is 8.59. The van der Waals surface area contributed by atoms with Gasteiger partial charge in [0.05, 0.1) is 20.3 Å². The van der Waals surface area contributed by atoms with Gasteiger partial charge in [-0.25, -0.2) is 0 Å². The van der Waals surface area contributed by atoms with Crippen LogP contribution < -0.4 is 24.8 Å². The maximum Gasteiger partial charge on any atom is 0.257 e. The fourth-order valence-electron chi connectivity index (χ4n) is 3.17. The lowest BCUT2D eigenvalue weighted by Gasteiger charge is -2.14. The number of rotatable bonds is 14. The molecule has 6 nitrogen and oxygen atoms in total. The van der Waals surface area contributed by atoms with Crippen LogP contribution in [-0.2, 0) is 6.54 Å². The summed E-state index contributed by atoms with van der Waals surface area (Å²) in [7, 11) is 1.62. The SMILES string of the molecule is CCCCCCOc1ccc(C(=O)NC(=S)NCc2ccc(OCCC(C)C)c(OC)c2)cc1. The van der Waals surface area contributed by atoms with E-state index in [1.165, 1.54) is 19.3 Å². The smallest absolute Gasteiger partial charge is 0.257 e. The van der Waals surface area contributed by atoms with Crippen LogP contribution in [-0.4, -0.2) is 31.3 Å². The summed E-state index contributed by atoms with van der Waals surface area (Å²) in [5.41, 5.74) is 1.48. The molecular formula is C27H38N2O4S. The normalized spacial score (nSPS) is 10.6. The van der Waals surface area contributed by atoms with E-state index in [0.717, 1.165) is 29.9 Å². The predicted octanol–water partition coefficient (Wildman–Crippen LogP) is 5.88. The standard InChI is InChI=1S/C27H38N2O4S/c1-5-6-7-8-16-32-23-12-10-22(11-13-23)26(30)29-27(34)28-19-21-9-14-24(25(18-21)31-4)33-17-15-20(2)3/h9-14,18,20H,5-8,15-17,19H2,1-4H3,(H2,28,29,30,34). The van der Waals surface area contributed by atoms with Gasteiger partial charge in [-0.05, 0) is 72.9 Å². The molecule has 0 radical (unpaired) electrons. The van der Waals surface area contributed by atoms with Gasteiger partial charge in [-0.15, -0.1) is 0 Å². The first kappa shape index (κ1) is 27.4. The number of carbonyl (C=O) groups excluding carboxylic acids is 1. The van der Waals surface area contributed by atoms with E-state index in [0.29, 0.717) is 37.0 Å². The number of amides is 1. The number of nitrogens with one attached hydrogen (secondary N) is 2. The molecule has 34 heavy (non-hydrogen) atoms. The topological polar surface area (TPSA) is 68.8 Å². The first-order valence-corrected chi connectivity index (χ1v) is 12.5. The van der Waals surface area contributed by atoms with Gasteiger partial charge in [-0.3, -0.25) is 10.1 Å². The lowest BCUT2D eigenvalue weighted by molar-refractivity contribution is 0.0976. The molecule has 2 N–H and O–H groups in total. The van der Waals surface area contributed by atoms with E-state index in [1.54, 1.807) is 19.2 Å². The predicted molar refractivity (Wildman–Crippen MR) is 141 cm³/mol. The molecule has 0 unspecified atom stereocenters. The van der Waals surface area contributed by atoms with Crippen molar-refractivity contribution in [1.29, 1.82) is 0 Å². The Morgan fingerprint density at radius 1 is 0.971 bits per heavy atom. The van der Waals surface area contributed by atoms with Crippen LogP contribution >= 0.6 is 12.2 Å². The van der Waals surface area contributed by atoms with Crippen LogP contribution in [0.4, 0.5) is 0 Å². The second kappa shape index (κ2) is 15.2. The highest BCUT2D eigenvalue weighted by molar-refractivity contribution is 7.80. The van der Waals surface area contributed by atoms with E-state index in [9.17, 15) is 4.79 Å². The average Bonchev–Trinajstić information content (AvgIpc) is 2.83. The number of methoxy groups -OCH3 is 1. The number of unbranched alkanes of at least 4 members (excludes halogenated alkanes) is 3. The molecular weight excluding hydrogens is 448 g/mol. The molecule has 7 heteroatoms.